The Morgan fingerprint density at radius 2 is 2.27 bits per heavy atom. The van der Waals surface area contributed by atoms with Gasteiger partial charge in [-0.25, -0.2) is 0 Å². The van der Waals surface area contributed by atoms with E-state index < -0.39 is 0 Å². The third-order valence-electron chi connectivity index (χ3n) is 2.11. The highest BCUT2D eigenvalue weighted by molar-refractivity contribution is 5.23. The summed E-state index contributed by atoms with van der Waals surface area (Å²) in [5.41, 5.74) is 1.28. The van der Waals surface area contributed by atoms with Gasteiger partial charge in [0.2, 0.25) is 0 Å². The van der Waals surface area contributed by atoms with E-state index >= 15 is 0 Å². The molecule has 1 heterocycles. The molecule has 0 radical (unpaired) electrons. The van der Waals surface area contributed by atoms with Gasteiger partial charge in [0.05, 0.1) is 0 Å². The van der Waals surface area contributed by atoms with Gasteiger partial charge >= 0.3 is 0 Å². The molecule has 2 rings (SSSR count). The summed E-state index contributed by atoms with van der Waals surface area (Å²) in [5.74, 6) is 0. The largest absolute Gasteiger partial charge is 0.293 e. The molecule has 11 heavy (non-hydrogen) atoms. The molecule has 1 aliphatic rings. The number of nitrogens with zero attached hydrogens (tertiary/aromatic N) is 1. The van der Waals surface area contributed by atoms with Gasteiger partial charge in [-0.15, -0.1) is 0 Å². The second kappa shape index (κ2) is 2.67. The molecule has 0 N–H and O–H groups in total. The summed E-state index contributed by atoms with van der Waals surface area (Å²) in [6.07, 6.45) is 0. The summed E-state index contributed by atoms with van der Waals surface area (Å²) in [5, 5.41) is 0. The maximum absolute atomic E-state index is 7.67. The molecule has 1 saturated heterocycles. The first-order valence-electron chi connectivity index (χ1n) is 4.65. The average Bonchev–Trinajstić information content (AvgIpc) is 2.78. The molecule has 3 atom stereocenters. The zero-order valence-electron chi connectivity index (χ0n) is 7.70. The van der Waals surface area contributed by atoms with Crippen molar-refractivity contribution in [3.05, 3.63) is 35.9 Å². The van der Waals surface area contributed by atoms with Gasteiger partial charge in [-0.3, -0.25) is 4.90 Å². The third-order valence-corrected chi connectivity index (χ3v) is 2.11. The van der Waals surface area contributed by atoms with Crippen LogP contribution in [0.1, 0.15) is 19.9 Å². The maximum Gasteiger partial charge on any atom is 0.0476 e. The van der Waals surface area contributed by atoms with Crippen molar-refractivity contribution in [3.8, 4) is 0 Å². The van der Waals surface area contributed by atoms with Crippen molar-refractivity contribution < 1.29 is 1.37 Å². The number of hydrogen-bond donors (Lipinski definition) is 0. The lowest BCUT2D eigenvalue weighted by Gasteiger charge is -1.98. The minimum absolute atomic E-state index is 0.00241. The van der Waals surface area contributed by atoms with Crippen molar-refractivity contribution in [1.82, 2.24) is 4.90 Å². The van der Waals surface area contributed by atoms with Crippen LogP contribution in [-0.2, 0) is 0 Å². The fourth-order valence-corrected chi connectivity index (χ4v) is 1.37. The molecular formula is C10H13N. The van der Waals surface area contributed by atoms with Crippen molar-refractivity contribution >= 4 is 0 Å². The van der Waals surface area contributed by atoms with Crippen LogP contribution in [0.3, 0.4) is 0 Å². The molecule has 1 fully saturated rings. The first kappa shape index (κ1) is 5.78. The van der Waals surface area contributed by atoms with Crippen molar-refractivity contribution in [2.45, 2.75) is 13.0 Å². The molecule has 0 amide bonds. The Labute approximate surface area is 69.1 Å². The van der Waals surface area contributed by atoms with Crippen LogP contribution in [0.2, 0.25) is 0 Å². The Balaban J connectivity index is 2.14. The van der Waals surface area contributed by atoms with E-state index in [1.54, 1.807) is 0 Å². The molecule has 0 saturated carbocycles. The smallest absolute Gasteiger partial charge is 0.0476 e. The Morgan fingerprint density at radius 1 is 1.55 bits per heavy atom. The number of hydrogen-bond acceptors (Lipinski definition) is 1. The second-order valence-electron chi connectivity index (χ2n) is 2.84. The molecule has 1 heteroatoms. The standard InChI is InChI=1S/C10H13N/c1-2-11-8-10(11)9-6-4-3-5-7-9/h3-7,10H,2,8H2,1H3/t10-,11?/m1/s1/i8D/t8-,10-,11?. The normalized spacial score (nSPS) is 36.5. The quantitative estimate of drug-likeness (QED) is 0.580. The van der Waals surface area contributed by atoms with Crippen molar-refractivity contribution in [3.63, 3.8) is 0 Å². The molecule has 0 bridgehead atoms. The van der Waals surface area contributed by atoms with E-state index in [0.717, 1.165) is 6.54 Å². The van der Waals surface area contributed by atoms with Gasteiger partial charge in [0.25, 0.3) is 0 Å². The van der Waals surface area contributed by atoms with Crippen LogP contribution in [0.25, 0.3) is 0 Å². The van der Waals surface area contributed by atoms with Gasteiger partial charge < -0.3 is 0 Å². The van der Waals surface area contributed by atoms with Gasteiger partial charge in [-0.1, -0.05) is 37.3 Å². The van der Waals surface area contributed by atoms with Gasteiger partial charge in [0, 0.05) is 13.9 Å². The molecule has 1 unspecified atom stereocenters. The molecule has 1 aromatic rings. The monoisotopic (exact) mass is 148 g/mol. The summed E-state index contributed by atoms with van der Waals surface area (Å²) >= 11 is 0. The van der Waals surface area contributed by atoms with E-state index in [-0.39, 0.29) is 6.52 Å². The van der Waals surface area contributed by atoms with E-state index in [9.17, 15) is 0 Å². The Morgan fingerprint density at radius 3 is 2.82 bits per heavy atom. The highest BCUT2D eigenvalue weighted by Crippen LogP contribution is 2.33. The van der Waals surface area contributed by atoms with Crippen molar-refractivity contribution in [1.29, 1.82) is 0 Å². The van der Waals surface area contributed by atoms with E-state index in [4.69, 9.17) is 1.37 Å². The first-order valence-corrected chi connectivity index (χ1v) is 4.07. The van der Waals surface area contributed by atoms with Crippen molar-refractivity contribution in [2.75, 3.05) is 13.1 Å². The van der Waals surface area contributed by atoms with Crippen LogP contribution in [-0.4, -0.2) is 18.0 Å². The summed E-state index contributed by atoms with van der Waals surface area (Å²) < 4.78 is 7.67. The molecule has 0 spiro atoms. The van der Waals surface area contributed by atoms with Gasteiger partial charge in [-0.2, -0.15) is 0 Å². The minimum atomic E-state index is -0.00241. The molecular weight excluding hydrogens is 134 g/mol. The van der Waals surface area contributed by atoms with Crippen molar-refractivity contribution in [2.24, 2.45) is 0 Å². The number of benzene rings is 1. The molecule has 58 valence electrons. The van der Waals surface area contributed by atoms with E-state index in [1.807, 2.05) is 18.2 Å². The van der Waals surface area contributed by atoms with Crippen LogP contribution in [0.15, 0.2) is 30.3 Å². The van der Waals surface area contributed by atoms with E-state index in [2.05, 4.69) is 24.0 Å². The van der Waals surface area contributed by atoms with Crippen LogP contribution in [0.5, 0.6) is 0 Å². The molecule has 0 aromatic heterocycles. The summed E-state index contributed by atoms with van der Waals surface area (Å²) in [7, 11) is 0. The lowest BCUT2D eigenvalue weighted by atomic mass is 10.2. The van der Waals surface area contributed by atoms with E-state index in [0.29, 0.717) is 6.04 Å². The lowest BCUT2D eigenvalue weighted by molar-refractivity contribution is 0.544. The average molecular weight is 148 g/mol. The molecule has 1 aliphatic heterocycles. The second-order valence-corrected chi connectivity index (χ2v) is 2.84. The fourth-order valence-electron chi connectivity index (χ4n) is 1.37. The van der Waals surface area contributed by atoms with Gasteiger partial charge in [0.15, 0.2) is 0 Å². The highest BCUT2D eigenvalue weighted by atomic mass is 15.3. The third kappa shape index (κ3) is 1.29. The topological polar surface area (TPSA) is 3.01 Å². The lowest BCUT2D eigenvalue weighted by Crippen LogP contribution is -1.94. The molecule has 1 nitrogen and oxygen atoms in total. The zero-order chi connectivity index (χ0) is 8.55. The zero-order valence-corrected chi connectivity index (χ0v) is 6.70. The predicted octanol–water partition coefficient (Wildman–Crippen LogP) is 2.06. The van der Waals surface area contributed by atoms with Crippen LogP contribution < -0.4 is 0 Å². The summed E-state index contributed by atoms with van der Waals surface area (Å²) in [4.78, 5) is 2.16. The Bertz CT molecular complexity index is 260. The summed E-state index contributed by atoms with van der Waals surface area (Å²) in [6, 6.07) is 10.6. The van der Waals surface area contributed by atoms with E-state index in [1.165, 1.54) is 5.56 Å². The SMILES string of the molecule is [2H][C@@H]1[C@H](c2ccccc2)N1CC. The first-order chi connectivity index (χ1) is 5.84. The van der Waals surface area contributed by atoms with Crippen LogP contribution >= 0.6 is 0 Å². The molecule has 1 aromatic carbocycles. The Kier molecular flexibility index (Phi) is 1.40. The highest BCUT2D eigenvalue weighted by Gasteiger charge is 2.32. The minimum Gasteiger partial charge on any atom is -0.293 e. The fraction of sp³-hybridized carbons (Fsp3) is 0.400. The predicted molar refractivity (Wildman–Crippen MR) is 46.4 cm³/mol. The number of rotatable bonds is 2. The summed E-state index contributed by atoms with van der Waals surface area (Å²) in [6.45, 7) is 3.08. The van der Waals surface area contributed by atoms with Gasteiger partial charge in [-0.05, 0) is 12.1 Å². The molecule has 0 aliphatic carbocycles. The Hall–Kier alpha value is -0.820. The van der Waals surface area contributed by atoms with Crippen LogP contribution in [0.4, 0.5) is 0 Å². The van der Waals surface area contributed by atoms with Crippen LogP contribution in [0, 0.1) is 0 Å². The number of likely N-dealkylation sites (N-methyl/N-ethyl adjacent to an activating group) is 1. The van der Waals surface area contributed by atoms with Gasteiger partial charge in [0.1, 0.15) is 0 Å². The maximum atomic E-state index is 7.67.